The van der Waals surface area contributed by atoms with Crippen LogP contribution in [0.5, 0.6) is 0 Å². The molecule has 1 saturated heterocycles. The molecule has 0 radical (unpaired) electrons. The van der Waals surface area contributed by atoms with Gasteiger partial charge >= 0.3 is 5.97 Å². The molecule has 0 N–H and O–H groups in total. The van der Waals surface area contributed by atoms with E-state index in [0.29, 0.717) is 55.6 Å². The second-order valence-corrected chi connectivity index (χ2v) is 7.49. The molecule has 2 aliphatic rings. The van der Waals surface area contributed by atoms with Crippen LogP contribution in [0.4, 0.5) is 0 Å². The third kappa shape index (κ3) is 3.73. The van der Waals surface area contributed by atoms with Crippen LogP contribution in [-0.4, -0.2) is 51.8 Å². The van der Waals surface area contributed by atoms with Crippen LogP contribution in [0.25, 0.3) is 0 Å². The Morgan fingerprint density at radius 3 is 2.72 bits per heavy atom. The summed E-state index contributed by atoms with van der Waals surface area (Å²) in [6, 6.07) is 0. The van der Waals surface area contributed by atoms with Gasteiger partial charge < -0.3 is 9.64 Å². The molecule has 1 aromatic rings. The molecule has 25 heavy (non-hydrogen) atoms. The van der Waals surface area contributed by atoms with Gasteiger partial charge in [-0.05, 0) is 26.7 Å². The van der Waals surface area contributed by atoms with Gasteiger partial charge in [0.05, 0.1) is 18.4 Å². The second kappa shape index (κ2) is 7.59. The van der Waals surface area contributed by atoms with Crippen LogP contribution in [0, 0.1) is 18.8 Å². The number of hydrogen-bond acceptors (Lipinski definition) is 6. The molecular formula is C17H23N3O4S. The van der Waals surface area contributed by atoms with Gasteiger partial charge in [0.1, 0.15) is 0 Å². The lowest BCUT2D eigenvalue weighted by atomic mass is 9.96. The van der Waals surface area contributed by atoms with E-state index < -0.39 is 0 Å². The zero-order valence-corrected chi connectivity index (χ0v) is 15.4. The maximum absolute atomic E-state index is 12.8. The lowest BCUT2D eigenvalue weighted by molar-refractivity contribution is -0.151. The number of esters is 1. The van der Waals surface area contributed by atoms with Crippen molar-refractivity contribution in [1.82, 2.24) is 14.5 Å². The molecule has 0 saturated carbocycles. The molecule has 1 atom stereocenters. The summed E-state index contributed by atoms with van der Waals surface area (Å²) < 4.78 is 6.67. The van der Waals surface area contributed by atoms with Gasteiger partial charge in [0.25, 0.3) is 5.56 Å². The van der Waals surface area contributed by atoms with E-state index >= 15 is 0 Å². The summed E-state index contributed by atoms with van der Waals surface area (Å²) in [5.74, 6) is 0.197. The smallest absolute Gasteiger partial charge is 0.309 e. The fraction of sp³-hybridized carbons (Fsp3) is 0.647. The van der Waals surface area contributed by atoms with Crippen molar-refractivity contribution < 1.29 is 14.3 Å². The molecule has 0 aliphatic carbocycles. The number of ether oxygens (including phenoxy) is 1. The first kappa shape index (κ1) is 18.0. The molecule has 2 aliphatic heterocycles. The fourth-order valence-corrected chi connectivity index (χ4v) is 4.34. The Morgan fingerprint density at radius 2 is 2.04 bits per heavy atom. The summed E-state index contributed by atoms with van der Waals surface area (Å²) in [6.07, 6.45) is 2.87. The average Bonchev–Trinajstić information content (AvgIpc) is 2.64. The van der Waals surface area contributed by atoms with Crippen LogP contribution in [0.15, 0.2) is 16.1 Å². The predicted octanol–water partition coefficient (Wildman–Crippen LogP) is 1.08. The fourth-order valence-electron chi connectivity index (χ4n) is 3.30. The predicted molar refractivity (Wildman–Crippen MR) is 93.4 cm³/mol. The molecule has 1 unspecified atom stereocenters. The Morgan fingerprint density at radius 1 is 1.32 bits per heavy atom. The van der Waals surface area contributed by atoms with E-state index in [9.17, 15) is 14.4 Å². The van der Waals surface area contributed by atoms with Crippen molar-refractivity contribution >= 4 is 23.6 Å². The first-order valence-electron chi connectivity index (χ1n) is 8.66. The second-order valence-electron chi connectivity index (χ2n) is 6.50. The molecule has 0 aromatic carbocycles. The topological polar surface area (TPSA) is 81.5 Å². The summed E-state index contributed by atoms with van der Waals surface area (Å²) in [7, 11) is 0. The molecule has 0 bridgehead atoms. The number of aromatic nitrogens is 2. The number of thioether (sulfide) groups is 1. The number of carbonyl (C=O) groups is 2. The van der Waals surface area contributed by atoms with Crippen LogP contribution in [0.3, 0.4) is 0 Å². The average molecular weight is 365 g/mol. The van der Waals surface area contributed by atoms with Crippen LogP contribution < -0.4 is 5.56 Å². The molecule has 1 fully saturated rings. The van der Waals surface area contributed by atoms with Gasteiger partial charge in [-0.2, -0.15) is 0 Å². The van der Waals surface area contributed by atoms with Gasteiger partial charge in [-0.25, -0.2) is 4.98 Å². The number of hydrogen-bond donors (Lipinski definition) is 0. The van der Waals surface area contributed by atoms with E-state index in [-0.39, 0.29) is 29.3 Å². The highest BCUT2D eigenvalue weighted by Gasteiger charge is 2.33. The zero-order valence-electron chi connectivity index (χ0n) is 14.6. The Labute approximate surface area is 150 Å². The minimum absolute atomic E-state index is 0.0638. The van der Waals surface area contributed by atoms with E-state index in [1.165, 1.54) is 11.8 Å². The van der Waals surface area contributed by atoms with Gasteiger partial charge in [0.15, 0.2) is 5.16 Å². The number of amides is 1. The van der Waals surface area contributed by atoms with E-state index in [4.69, 9.17) is 4.74 Å². The van der Waals surface area contributed by atoms with Crippen LogP contribution in [0.1, 0.15) is 25.3 Å². The Bertz CT molecular complexity index is 725. The molecule has 0 spiro atoms. The Hall–Kier alpha value is -1.83. The van der Waals surface area contributed by atoms with Crippen LogP contribution in [-0.2, 0) is 20.9 Å². The third-order valence-corrected chi connectivity index (χ3v) is 5.93. The van der Waals surface area contributed by atoms with Crippen molar-refractivity contribution in [3.63, 3.8) is 0 Å². The van der Waals surface area contributed by atoms with E-state index in [0.717, 1.165) is 0 Å². The molecule has 3 heterocycles. The summed E-state index contributed by atoms with van der Waals surface area (Å²) in [5, 5.41) is 0.681. The number of piperidine rings is 1. The van der Waals surface area contributed by atoms with Crippen molar-refractivity contribution in [3.05, 3.63) is 22.1 Å². The van der Waals surface area contributed by atoms with Crippen molar-refractivity contribution in [3.8, 4) is 0 Å². The van der Waals surface area contributed by atoms with E-state index in [1.54, 1.807) is 24.6 Å². The largest absolute Gasteiger partial charge is 0.466 e. The SMILES string of the molecule is CCOC(=O)C1CCN(C(=O)C2CSc3ncc(C)c(=O)n3C2)CC1. The van der Waals surface area contributed by atoms with E-state index in [2.05, 4.69) is 4.98 Å². The molecule has 7 nitrogen and oxygen atoms in total. The molecule has 1 aromatic heterocycles. The van der Waals surface area contributed by atoms with Crippen molar-refractivity contribution in [2.45, 2.75) is 38.4 Å². The number of rotatable bonds is 3. The highest BCUT2D eigenvalue weighted by molar-refractivity contribution is 7.99. The van der Waals surface area contributed by atoms with Crippen LogP contribution >= 0.6 is 11.8 Å². The summed E-state index contributed by atoms with van der Waals surface area (Å²) in [4.78, 5) is 43.0. The molecule has 136 valence electrons. The summed E-state index contributed by atoms with van der Waals surface area (Å²) >= 11 is 1.45. The Kier molecular flexibility index (Phi) is 5.46. The van der Waals surface area contributed by atoms with E-state index in [1.807, 2.05) is 4.90 Å². The lowest BCUT2D eigenvalue weighted by Crippen LogP contribution is -2.46. The summed E-state index contributed by atoms with van der Waals surface area (Å²) in [6.45, 7) is 5.44. The minimum Gasteiger partial charge on any atom is -0.466 e. The lowest BCUT2D eigenvalue weighted by Gasteiger charge is -2.34. The number of nitrogens with zero attached hydrogens (tertiary/aromatic N) is 3. The van der Waals surface area contributed by atoms with Crippen molar-refractivity contribution in [1.29, 1.82) is 0 Å². The van der Waals surface area contributed by atoms with Gasteiger partial charge in [0.2, 0.25) is 5.91 Å². The Balaban J connectivity index is 1.62. The number of aryl methyl sites for hydroxylation is 1. The maximum atomic E-state index is 12.8. The maximum Gasteiger partial charge on any atom is 0.309 e. The van der Waals surface area contributed by atoms with Gasteiger partial charge in [-0.1, -0.05) is 11.8 Å². The van der Waals surface area contributed by atoms with Crippen molar-refractivity contribution in [2.75, 3.05) is 25.4 Å². The molecule has 8 heteroatoms. The quantitative estimate of drug-likeness (QED) is 0.589. The highest BCUT2D eigenvalue weighted by atomic mass is 32.2. The standard InChI is InChI=1S/C17H23N3O4S/c1-3-24-16(23)12-4-6-19(7-5-12)15(22)13-9-20-14(21)11(2)8-18-17(20)25-10-13/h8,12-13H,3-7,9-10H2,1-2H3. The highest BCUT2D eigenvalue weighted by Crippen LogP contribution is 2.28. The molecule has 3 rings (SSSR count). The number of likely N-dealkylation sites (tertiary alicyclic amines) is 1. The van der Waals surface area contributed by atoms with Crippen molar-refractivity contribution in [2.24, 2.45) is 11.8 Å². The van der Waals surface area contributed by atoms with Gasteiger partial charge in [-0.15, -0.1) is 0 Å². The van der Waals surface area contributed by atoms with Gasteiger partial charge in [0, 0.05) is 37.1 Å². The molecular weight excluding hydrogens is 342 g/mol. The van der Waals surface area contributed by atoms with Gasteiger partial charge in [-0.3, -0.25) is 19.0 Å². The number of fused-ring (bicyclic) bond motifs is 1. The molecule has 1 amide bonds. The first-order chi connectivity index (χ1) is 12.0. The number of carbonyl (C=O) groups excluding carboxylic acids is 2. The first-order valence-corrected chi connectivity index (χ1v) is 9.64. The third-order valence-electron chi connectivity index (χ3n) is 4.77. The summed E-state index contributed by atoms with van der Waals surface area (Å²) in [5.41, 5.74) is 0.517. The minimum atomic E-state index is -0.224. The zero-order chi connectivity index (χ0) is 18.0. The van der Waals surface area contributed by atoms with Crippen LogP contribution in [0.2, 0.25) is 0 Å². The monoisotopic (exact) mass is 365 g/mol. The normalized spacial score (nSPS) is 20.9.